The van der Waals surface area contributed by atoms with E-state index < -0.39 is 0 Å². The highest BCUT2D eigenvalue weighted by Crippen LogP contribution is 2.43. The van der Waals surface area contributed by atoms with Crippen LogP contribution in [0, 0.1) is 11.8 Å². The first-order chi connectivity index (χ1) is 14.4. The van der Waals surface area contributed by atoms with Gasteiger partial charge in [-0.1, -0.05) is 6.92 Å². The van der Waals surface area contributed by atoms with Crippen molar-refractivity contribution in [3.05, 3.63) is 33.9 Å². The van der Waals surface area contributed by atoms with Crippen molar-refractivity contribution in [3.8, 4) is 0 Å². The monoisotopic (exact) mass is 411 g/mol. The third kappa shape index (κ3) is 3.47. The topological polar surface area (TPSA) is 73.7 Å². The minimum absolute atomic E-state index is 0.0316. The predicted octanol–water partition coefficient (Wildman–Crippen LogP) is 2.93. The Hall–Kier alpha value is -2.15. The largest absolute Gasteiger partial charge is 0.334 e. The summed E-state index contributed by atoms with van der Waals surface area (Å²) in [5, 5.41) is 3.25. The summed E-state index contributed by atoms with van der Waals surface area (Å²) in [6.07, 6.45) is 5.05. The Bertz CT molecular complexity index is 1000. The summed E-state index contributed by atoms with van der Waals surface area (Å²) in [5.74, 6) is 1.33. The molecule has 0 radical (unpaired) electrons. The molecule has 0 spiro atoms. The van der Waals surface area contributed by atoms with Crippen molar-refractivity contribution in [2.45, 2.75) is 70.9 Å². The van der Waals surface area contributed by atoms with Gasteiger partial charge in [0.05, 0.1) is 17.4 Å². The SMILES string of the molecule is CC1CC1C(=O)N1CCCC1c1cc2nc(C3CCN(C(C)C)CC3)cc(=O)n2[nH]1. The van der Waals surface area contributed by atoms with E-state index in [4.69, 9.17) is 4.98 Å². The van der Waals surface area contributed by atoms with Crippen molar-refractivity contribution in [3.63, 3.8) is 0 Å². The average Bonchev–Trinajstić information content (AvgIpc) is 3.12. The van der Waals surface area contributed by atoms with Crippen LogP contribution in [0.5, 0.6) is 0 Å². The molecule has 2 aliphatic heterocycles. The lowest BCUT2D eigenvalue weighted by atomic mass is 9.92. The van der Waals surface area contributed by atoms with Crippen molar-refractivity contribution in [1.29, 1.82) is 0 Å². The normalized spacial score (nSPS) is 28.0. The number of H-pyrrole nitrogens is 1. The Kier molecular flexibility index (Phi) is 4.96. The summed E-state index contributed by atoms with van der Waals surface area (Å²) in [5.41, 5.74) is 2.47. The van der Waals surface area contributed by atoms with E-state index in [9.17, 15) is 9.59 Å². The summed E-state index contributed by atoms with van der Waals surface area (Å²) in [7, 11) is 0. The van der Waals surface area contributed by atoms with Gasteiger partial charge in [-0.05, 0) is 65.0 Å². The number of likely N-dealkylation sites (tertiary alicyclic amines) is 2. The van der Waals surface area contributed by atoms with Gasteiger partial charge in [0.15, 0.2) is 5.65 Å². The Labute approximate surface area is 177 Å². The quantitative estimate of drug-likeness (QED) is 0.840. The second-order valence-electron chi connectivity index (χ2n) is 9.84. The van der Waals surface area contributed by atoms with E-state index in [1.807, 2.05) is 11.0 Å². The molecule has 0 aromatic carbocycles. The lowest BCUT2D eigenvalue weighted by Crippen LogP contribution is -2.38. The van der Waals surface area contributed by atoms with E-state index in [1.54, 1.807) is 10.6 Å². The van der Waals surface area contributed by atoms with Crippen molar-refractivity contribution < 1.29 is 4.79 Å². The first-order valence-electron chi connectivity index (χ1n) is 11.6. The molecule has 1 amide bonds. The smallest absolute Gasteiger partial charge is 0.272 e. The number of aromatic amines is 1. The molecule has 4 heterocycles. The Morgan fingerprint density at radius 1 is 1.17 bits per heavy atom. The zero-order valence-electron chi connectivity index (χ0n) is 18.3. The van der Waals surface area contributed by atoms with E-state index in [-0.39, 0.29) is 23.4 Å². The van der Waals surface area contributed by atoms with E-state index >= 15 is 0 Å². The number of nitrogens with one attached hydrogen (secondary N) is 1. The first kappa shape index (κ1) is 19.8. The van der Waals surface area contributed by atoms with Gasteiger partial charge in [-0.2, -0.15) is 0 Å². The summed E-state index contributed by atoms with van der Waals surface area (Å²) in [6.45, 7) is 9.54. The minimum Gasteiger partial charge on any atom is -0.334 e. The van der Waals surface area contributed by atoms with Gasteiger partial charge in [0.2, 0.25) is 5.91 Å². The number of carbonyl (C=O) groups excluding carboxylic acids is 1. The van der Waals surface area contributed by atoms with Crippen molar-refractivity contribution in [2.75, 3.05) is 19.6 Å². The Morgan fingerprint density at radius 3 is 2.57 bits per heavy atom. The van der Waals surface area contributed by atoms with Gasteiger partial charge >= 0.3 is 0 Å². The number of hydrogen-bond acceptors (Lipinski definition) is 4. The van der Waals surface area contributed by atoms with E-state index in [1.165, 1.54) is 0 Å². The maximum Gasteiger partial charge on any atom is 0.272 e. The standard InChI is InChI=1S/C23H33N5O2/c1-14(2)26-9-6-16(7-10-26)18-13-22(29)28-21(24-18)12-19(25-28)20-5-4-8-27(20)23(30)17-11-15(17)3/h12-17,20,25H,4-11H2,1-3H3. The number of fused-ring (bicyclic) bond motifs is 1. The van der Waals surface area contributed by atoms with Crippen molar-refractivity contribution in [1.82, 2.24) is 24.4 Å². The first-order valence-corrected chi connectivity index (χ1v) is 11.6. The molecular weight excluding hydrogens is 378 g/mol. The van der Waals surface area contributed by atoms with Crippen LogP contribution in [0.1, 0.15) is 76.2 Å². The van der Waals surface area contributed by atoms with Gasteiger partial charge in [-0.3, -0.25) is 14.7 Å². The molecule has 162 valence electrons. The number of rotatable bonds is 4. The van der Waals surface area contributed by atoms with Crippen LogP contribution >= 0.6 is 0 Å². The number of hydrogen-bond donors (Lipinski definition) is 1. The molecule has 1 aliphatic carbocycles. The van der Waals surface area contributed by atoms with E-state index in [0.717, 1.165) is 63.1 Å². The van der Waals surface area contributed by atoms with Gasteiger partial charge in [0.25, 0.3) is 5.56 Å². The Morgan fingerprint density at radius 2 is 1.90 bits per heavy atom. The third-order valence-corrected chi connectivity index (χ3v) is 7.49. The third-order valence-electron chi connectivity index (χ3n) is 7.49. The van der Waals surface area contributed by atoms with Crippen LogP contribution in [-0.2, 0) is 4.79 Å². The summed E-state index contributed by atoms with van der Waals surface area (Å²) >= 11 is 0. The van der Waals surface area contributed by atoms with Crippen LogP contribution in [0.4, 0.5) is 0 Å². The summed E-state index contributed by atoms with van der Waals surface area (Å²) in [4.78, 5) is 35.0. The molecule has 7 heteroatoms. The van der Waals surface area contributed by atoms with E-state index in [0.29, 0.717) is 23.5 Å². The van der Waals surface area contributed by atoms with Gasteiger partial charge in [0, 0.05) is 36.6 Å². The highest BCUT2D eigenvalue weighted by atomic mass is 16.2. The Balaban J connectivity index is 1.39. The maximum atomic E-state index is 12.8. The molecule has 3 atom stereocenters. The summed E-state index contributed by atoms with van der Waals surface area (Å²) in [6, 6.07) is 4.28. The fourth-order valence-electron chi connectivity index (χ4n) is 5.35. The number of carbonyl (C=O) groups is 1. The summed E-state index contributed by atoms with van der Waals surface area (Å²) < 4.78 is 1.54. The zero-order valence-corrected chi connectivity index (χ0v) is 18.3. The molecule has 1 saturated carbocycles. The molecule has 2 saturated heterocycles. The molecule has 3 unspecified atom stereocenters. The van der Waals surface area contributed by atoms with Crippen molar-refractivity contribution >= 4 is 11.6 Å². The molecule has 3 fully saturated rings. The zero-order chi connectivity index (χ0) is 21.0. The molecule has 5 rings (SSSR count). The van der Waals surface area contributed by atoms with Crippen LogP contribution in [-0.4, -0.2) is 56.0 Å². The molecule has 7 nitrogen and oxygen atoms in total. The molecule has 2 aromatic heterocycles. The van der Waals surface area contributed by atoms with Crippen molar-refractivity contribution in [2.24, 2.45) is 11.8 Å². The minimum atomic E-state index is -0.0563. The highest BCUT2D eigenvalue weighted by molar-refractivity contribution is 5.82. The van der Waals surface area contributed by atoms with Crippen LogP contribution in [0.15, 0.2) is 16.9 Å². The fourth-order valence-corrected chi connectivity index (χ4v) is 5.35. The number of nitrogens with zero attached hydrogens (tertiary/aromatic N) is 4. The maximum absolute atomic E-state index is 12.8. The van der Waals surface area contributed by atoms with Crippen LogP contribution in [0.3, 0.4) is 0 Å². The lowest BCUT2D eigenvalue weighted by molar-refractivity contribution is -0.133. The average molecular weight is 412 g/mol. The lowest BCUT2D eigenvalue weighted by Gasteiger charge is -2.34. The second kappa shape index (κ2) is 7.52. The molecule has 3 aliphatic rings. The van der Waals surface area contributed by atoms with E-state index in [2.05, 4.69) is 30.8 Å². The van der Waals surface area contributed by atoms with Gasteiger partial charge in [0.1, 0.15) is 0 Å². The van der Waals surface area contributed by atoms with Gasteiger partial charge in [-0.25, -0.2) is 9.50 Å². The number of amides is 1. The van der Waals surface area contributed by atoms with Crippen LogP contribution in [0.25, 0.3) is 5.65 Å². The van der Waals surface area contributed by atoms with Gasteiger partial charge < -0.3 is 9.80 Å². The van der Waals surface area contributed by atoms with Crippen LogP contribution < -0.4 is 5.56 Å². The molecule has 2 aromatic rings. The predicted molar refractivity (Wildman–Crippen MR) is 115 cm³/mol. The van der Waals surface area contributed by atoms with Crippen LogP contribution in [0.2, 0.25) is 0 Å². The number of aromatic nitrogens is 3. The molecule has 1 N–H and O–H groups in total. The molecular formula is C23H33N5O2. The fraction of sp³-hybridized carbons (Fsp3) is 0.696. The van der Waals surface area contributed by atoms with Gasteiger partial charge in [-0.15, -0.1) is 0 Å². The second-order valence-corrected chi connectivity index (χ2v) is 9.84. The number of piperidine rings is 1. The highest BCUT2D eigenvalue weighted by Gasteiger charge is 2.44. The molecule has 30 heavy (non-hydrogen) atoms. The molecule has 0 bridgehead atoms.